The molecule has 0 aliphatic carbocycles. The topological polar surface area (TPSA) is 57.7 Å². The van der Waals surface area contributed by atoms with E-state index >= 15 is 0 Å². The van der Waals surface area contributed by atoms with Crippen molar-refractivity contribution in [2.75, 3.05) is 43.5 Å². The first-order chi connectivity index (χ1) is 14.5. The molecule has 8 heteroatoms. The van der Waals surface area contributed by atoms with Crippen LogP contribution in [0.15, 0.2) is 24.4 Å². The normalized spacial score (nSPS) is 20.9. The number of likely N-dealkylation sites (tertiary alicyclic amines) is 1. The van der Waals surface area contributed by atoms with Gasteiger partial charge in [-0.3, -0.25) is 9.69 Å². The Morgan fingerprint density at radius 1 is 1.27 bits per heavy atom. The van der Waals surface area contributed by atoms with Crippen LogP contribution >= 0.6 is 11.3 Å². The molecule has 0 spiro atoms. The summed E-state index contributed by atoms with van der Waals surface area (Å²) in [4.78, 5) is 22.6. The molecule has 2 aliphatic heterocycles. The highest BCUT2D eigenvalue weighted by atomic mass is 32.1. The lowest BCUT2D eigenvalue weighted by molar-refractivity contribution is 0.103. The number of carbonyl (C=O) groups excluding carboxylic acids is 1. The maximum atomic E-state index is 13.5. The molecule has 0 bridgehead atoms. The van der Waals surface area contributed by atoms with Gasteiger partial charge in [-0.15, -0.1) is 0 Å². The van der Waals surface area contributed by atoms with Crippen LogP contribution < -0.4 is 15.0 Å². The molecular formula is C22H29FN4O2S. The average molecular weight is 433 g/mol. The molecule has 1 atom stereocenters. The monoisotopic (exact) mass is 432 g/mol. The molecule has 0 radical (unpaired) electrons. The lowest BCUT2D eigenvalue weighted by Crippen LogP contribution is -2.48. The van der Waals surface area contributed by atoms with E-state index in [4.69, 9.17) is 4.74 Å². The number of nitrogens with one attached hydrogen (secondary N) is 1. The molecule has 1 aromatic heterocycles. The third kappa shape index (κ3) is 4.75. The first kappa shape index (κ1) is 21.1. The Morgan fingerprint density at radius 3 is 2.80 bits per heavy atom. The van der Waals surface area contributed by atoms with Crippen molar-refractivity contribution in [2.45, 2.75) is 38.6 Å². The molecule has 2 aliphatic rings. The van der Waals surface area contributed by atoms with Crippen molar-refractivity contribution < 1.29 is 13.9 Å². The zero-order valence-corrected chi connectivity index (χ0v) is 18.4. The summed E-state index contributed by atoms with van der Waals surface area (Å²) in [5, 5.41) is 3.60. The van der Waals surface area contributed by atoms with Crippen molar-refractivity contribution in [3.05, 3.63) is 35.1 Å². The number of rotatable bonds is 5. The number of anilines is 2. The second-order valence-electron chi connectivity index (χ2n) is 8.27. The number of carbonyl (C=O) groups is 1. The van der Waals surface area contributed by atoms with Gasteiger partial charge in [-0.1, -0.05) is 18.3 Å². The summed E-state index contributed by atoms with van der Waals surface area (Å²) < 4.78 is 18.7. The molecule has 2 aromatic rings. The van der Waals surface area contributed by atoms with Crippen molar-refractivity contribution in [1.82, 2.24) is 9.88 Å². The third-order valence-electron chi connectivity index (χ3n) is 6.07. The minimum absolute atomic E-state index is 0.306. The van der Waals surface area contributed by atoms with Crippen LogP contribution in [-0.4, -0.2) is 55.1 Å². The first-order valence-corrected chi connectivity index (χ1v) is 11.4. The van der Waals surface area contributed by atoms with Gasteiger partial charge in [0.1, 0.15) is 16.4 Å². The predicted molar refractivity (Wildman–Crippen MR) is 118 cm³/mol. The van der Waals surface area contributed by atoms with Gasteiger partial charge in [0.25, 0.3) is 5.91 Å². The molecule has 1 N–H and O–H groups in total. The maximum absolute atomic E-state index is 13.5. The fraction of sp³-hybridized carbons (Fsp3) is 0.545. The fourth-order valence-electron chi connectivity index (χ4n) is 4.46. The summed E-state index contributed by atoms with van der Waals surface area (Å²) in [6.45, 7) is 6.71. The number of amides is 1. The Labute approximate surface area is 181 Å². The fourth-order valence-corrected chi connectivity index (χ4v) is 5.32. The Kier molecular flexibility index (Phi) is 6.53. The van der Waals surface area contributed by atoms with Gasteiger partial charge in [-0.2, -0.15) is 0 Å². The van der Waals surface area contributed by atoms with Gasteiger partial charge < -0.3 is 15.0 Å². The molecule has 4 rings (SSSR count). The molecular weight excluding hydrogens is 403 g/mol. The minimum atomic E-state index is -0.429. The van der Waals surface area contributed by atoms with Crippen LogP contribution in [0.1, 0.15) is 42.3 Å². The van der Waals surface area contributed by atoms with Gasteiger partial charge in [0, 0.05) is 31.7 Å². The highest BCUT2D eigenvalue weighted by Gasteiger charge is 2.28. The van der Waals surface area contributed by atoms with Gasteiger partial charge in [-0.25, -0.2) is 9.37 Å². The molecule has 0 unspecified atom stereocenters. The number of aromatic nitrogens is 1. The predicted octanol–water partition coefficient (Wildman–Crippen LogP) is 4.24. The van der Waals surface area contributed by atoms with Crippen LogP contribution in [0.25, 0.3) is 0 Å². The molecule has 2 fully saturated rings. The number of thiazole rings is 1. The summed E-state index contributed by atoms with van der Waals surface area (Å²) in [7, 11) is 1.49. The van der Waals surface area contributed by atoms with E-state index in [0.717, 1.165) is 37.0 Å². The van der Waals surface area contributed by atoms with Crippen molar-refractivity contribution in [3.63, 3.8) is 0 Å². The van der Waals surface area contributed by atoms with E-state index in [2.05, 4.69) is 27.0 Å². The van der Waals surface area contributed by atoms with Crippen molar-refractivity contribution >= 4 is 28.1 Å². The van der Waals surface area contributed by atoms with Gasteiger partial charge in [0.05, 0.1) is 19.0 Å². The molecule has 1 aromatic carbocycles. The molecule has 30 heavy (non-hydrogen) atoms. The third-order valence-corrected chi connectivity index (χ3v) is 7.12. The highest BCUT2D eigenvalue weighted by molar-refractivity contribution is 7.17. The number of ether oxygens (including phenoxy) is 1. The largest absolute Gasteiger partial charge is 0.495 e. The number of hydrogen-bond donors (Lipinski definition) is 1. The van der Waals surface area contributed by atoms with Crippen LogP contribution in [0.2, 0.25) is 0 Å². The Hall–Kier alpha value is -2.19. The number of piperidine rings is 2. The van der Waals surface area contributed by atoms with E-state index in [9.17, 15) is 9.18 Å². The van der Waals surface area contributed by atoms with Crippen molar-refractivity contribution in [1.29, 1.82) is 0 Å². The van der Waals surface area contributed by atoms with Gasteiger partial charge in [0.15, 0.2) is 5.13 Å². The quantitative estimate of drug-likeness (QED) is 0.766. The van der Waals surface area contributed by atoms with Crippen LogP contribution in [-0.2, 0) is 0 Å². The standard InChI is InChI=1S/C22H29FN4O2S/c1-15-4-3-9-27(14-15)17-7-10-26(11-8-17)22-24-13-20(30-22)21(28)25-18-12-16(23)5-6-19(18)29-2/h5-6,12-13,15,17H,3-4,7-11,14H2,1-2H3,(H,25,28)/t15-/m1/s1. The van der Waals surface area contributed by atoms with Crippen molar-refractivity contribution in [2.24, 2.45) is 5.92 Å². The average Bonchev–Trinajstić information content (AvgIpc) is 3.25. The molecule has 0 saturated carbocycles. The zero-order valence-electron chi connectivity index (χ0n) is 17.6. The summed E-state index contributed by atoms with van der Waals surface area (Å²) in [6, 6.07) is 4.71. The Morgan fingerprint density at radius 2 is 2.07 bits per heavy atom. The highest BCUT2D eigenvalue weighted by Crippen LogP contribution is 2.30. The van der Waals surface area contributed by atoms with E-state index in [0.29, 0.717) is 22.4 Å². The maximum Gasteiger partial charge on any atom is 0.267 e. The smallest absolute Gasteiger partial charge is 0.267 e. The van der Waals surface area contributed by atoms with Gasteiger partial charge in [-0.05, 0) is 50.3 Å². The second kappa shape index (κ2) is 9.31. The van der Waals surface area contributed by atoms with Crippen LogP contribution in [0, 0.1) is 11.7 Å². The summed E-state index contributed by atoms with van der Waals surface area (Å²) in [5.41, 5.74) is 0.314. The summed E-state index contributed by atoms with van der Waals surface area (Å²) in [6.07, 6.45) is 6.52. The lowest BCUT2D eigenvalue weighted by atomic mass is 9.95. The van der Waals surface area contributed by atoms with Crippen LogP contribution in [0.3, 0.4) is 0 Å². The van der Waals surface area contributed by atoms with Crippen LogP contribution in [0.5, 0.6) is 5.75 Å². The molecule has 6 nitrogen and oxygen atoms in total. The van der Waals surface area contributed by atoms with Crippen LogP contribution in [0.4, 0.5) is 15.2 Å². The second-order valence-corrected chi connectivity index (χ2v) is 9.28. The zero-order chi connectivity index (χ0) is 21.1. The number of halogens is 1. The number of nitrogens with zero attached hydrogens (tertiary/aromatic N) is 3. The first-order valence-electron chi connectivity index (χ1n) is 10.6. The van der Waals surface area contributed by atoms with E-state index in [-0.39, 0.29) is 5.91 Å². The van der Waals surface area contributed by atoms with E-state index in [1.54, 1.807) is 6.20 Å². The Balaban J connectivity index is 1.35. The SMILES string of the molecule is COc1ccc(F)cc1NC(=O)c1cnc(N2CCC(N3CCC[C@@H](C)C3)CC2)s1. The summed E-state index contributed by atoms with van der Waals surface area (Å²) >= 11 is 1.38. The van der Waals surface area contributed by atoms with Gasteiger partial charge >= 0.3 is 0 Å². The van der Waals surface area contributed by atoms with E-state index < -0.39 is 5.82 Å². The number of hydrogen-bond acceptors (Lipinski definition) is 6. The molecule has 1 amide bonds. The molecule has 3 heterocycles. The number of benzene rings is 1. The van der Waals surface area contributed by atoms with E-state index in [1.165, 1.54) is 62.6 Å². The minimum Gasteiger partial charge on any atom is -0.495 e. The van der Waals surface area contributed by atoms with E-state index in [1.807, 2.05) is 0 Å². The molecule has 2 saturated heterocycles. The van der Waals surface area contributed by atoms with Gasteiger partial charge in [0.2, 0.25) is 0 Å². The number of methoxy groups -OCH3 is 1. The lowest BCUT2D eigenvalue weighted by Gasteiger charge is -2.41. The van der Waals surface area contributed by atoms with Crippen molar-refractivity contribution in [3.8, 4) is 5.75 Å². The molecule has 162 valence electrons. The summed E-state index contributed by atoms with van der Waals surface area (Å²) in [5.74, 6) is 0.485. The Bertz CT molecular complexity index is 882.